The van der Waals surface area contributed by atoms with Gasteiger partial charge in [0.25, 0.3) is 6.47 Å². The molecule has 6 nitrogen and oxygen atoms in total. The van der Waals surface area contributed by atoms with Gasteiger partial charge < -0.3 is 14.5 Å². The third-order valence-electron chi connectivity index (χ3n) is 5.56. The molecule has 168 valence electrons. The molecule has 1 fully saturated rings. The molecule has 0 spiro atoms. The van der Waals surface area contributed by atoms with Crippen molar-refractivity contribution in [2.45, 2.75) is 38.0 Å². The van der Waals surface area contributed by atoms with E-state index in [1.165, 1.54) is 6.20 Å². The van der Waals surface area contributed by atoms with Crippen LogP contribution in [0.2, 0.25) is 0 Å². The molecule has 1 saturated carbocycles. The van der Waals surface area contributed by atoms with Crippen LogP contribution in [-0.2, 0) is 15.7 Å². The first-order chi connectivity index (χ1) is 15.4. The predicted octanol–water partition coefficient (Wildman–Crippen LogP) is 5.27. The molecule has 1 aliphatic rings. The number of nitrogens with one attached hydrogen (secondary N) is 1. The minimum Gasteiger partial charge on any atom is -0.490 e. The molecule has 0 bridgehead atoms. The summed E-state index contributed by atoms with van der Waals surface area (Å²) in [5.74, 6) is 1.29. The highest BCUT2D eigenvalue weighted by Gasteiger charge is 2.33. The standard InChI is InChI=1S/C23H22F3N3O3/c24-23(25,26)21-12-28-22(29-21)17-5-10-20(27-11-17)16-3-8-19(9-4-16)32-18-6-1-15(2-7-18)13-31-14-30/h3-5,8-12,14-15,18H,1-2,6-7,13H2,(H,28,29). The Hall–Kier alpha value is -3.36. The molecule has 9 heteroatoms. The Morgan fingerprint density at radius 1 is 0.969 bits per heavy atom. The number of H-pyrrole nitrogens is 1. The summed E-state index contributed by atoms with van der Waals surface area (Å²) in [5.41, 5.74) is 1.14. The zero-order valence-electron chi connectivity index (χ0n) is 17.1. The molecule has 4 rings (SSSR count). The fourth-order valence-electron chi connectivity index (χ4n) is 3.81. The Morgan fingerprint density at radius 3 is 2.28 bits per heavy atom. The summed E-state index contributed by atoms with van der Waals surface area (Å²) in [5, 5.41) is 0. The number of carbonyl (C=O) groups excluding carboxylic acids is 1. The second kappa shape index (κ2) is 9.42. The van der Waals surface area contributed by atoms with Gasteiger partial charge >= 0.3 is 6.18 Å². The van der Waals surface area contributed by atoms with E-state index in [2.05, 4.69) is 15.0 Å². The van der Waals surface area contributed by atoms with Crippen molar-refractivity contribution in [3.05, 3.63) is 54.5 Å². The van der Waals surface area contributed by atoms with Crippen molar-refractivity contribution in [1.82, 2.24) is 15.0 Å². The van der Waals surface area contributed by atoms with Crippen molar-refractivity contribution < 1.29 is 27.4 Å². The third-order valence-corrected chi connectivity index (χ3v) is 5.56. The van der Waals surface area contributed by atoms with Crippen LogP contribution in [0.5, 0.6) is 5.75 Å². The highest BCUT2D eigenvalue weighted by Crippen LogP contribution is 2.31. The Labute approximate surface area is 182 Å². The van der Waals surface area contributed by atoms with Gasteiger partial charge in [-0.15, -0.1) is 0 Å². The van der Waals surface area contributed by atoms with Crippen molar-refractivity contribution in [3.63, 3.8) is 0 Å². The Morgan fingerprint density at radius 2 is 1.69 bits per heavy atom. The van der Waals surface area contributed by atoms with Gasteiger partial charge in [0.15, 0.2) is 0 Å². The number of alkyl halides is 3. The first kappa shape index (κ1) is 21.9. The van der Waals surface area contributed by atoms with Crippen molar-refractivity contribution in [2.75, 3.05) is 6.61 Å². The molecule has 1 aliphatic carbocycles. The second-order valence-corrected chi connectivity index (χ2v) is 7.79. The molecule has 0 radical (unpaired) electrons. The van der Waals surface area contributed by atoms with Crippen LogP contribution in [0, 0.1) is 5.92 Å². The summed E-state index contributed by atoms with van der Waals surface area (Å²) in [7, 11) is 0. The van der Waals surface area contributed by atoms with Crippen LogP contribution in [0.15, 0.2) is 48.8 Å². The Balaban J connectivity index is 1.35. The molecule has 1 N–H and O–H groups in total. The van der Waals surface area contributed by atoms with Gasteiger partial charge in [-0.3, -0.25) is 9.78 Å². The van der Waals surface area contributed by atoms with Gasteiger partial charge in [-0.2, -0.15) is 13.2 Å². The fraction of sp³-hybridized carbons (Fsp3) is 0.348. The lowest BCUT2D eigenvalue weighted by atomic mass is 9.88. The number of aromatic amines is 1. The number of pyridine rings is 1. The number of hydrogen-bond donors (Lipinski definition) is 1. The number of imidazole rings is 1. The SMILES string of the molecule is O=COCC1CCC(Oc2ccc(-c3ccc(-c4ncc(C(F)(F)F)[nH]4)cn3)cc2)CC1. The van der Waals surface area contributed by atoms with Crippen molar-refractivity contribution >= 4 is 6.47 Å². The Bertz CT molecular complexity index is 1030. The molecule has 1 aromatic carbocycles. The van der Waals surface area contributed by atoms with Crippen molar-refractivity contribution in [3.8, 4) is 28.4 Å². The summed E-state index contributed by atoms with van der Waals surface area (Å²) in [6, 6.07) is 11.0. The van der Waals surface area contributed by atoms with Gasteiger partial charge in [0.1, 0.15) is 17.3 Å². The van der Waals surface area contributed by atoms with Gasteiger partial charge in [-0.25, -0.2) is 4.98 Å². The summed E-state index contributed by atoms with van der Waals surface area (Å²) in [6.07, 6.45) is 1.70. The van der Waals surface area contributed by atoms with Gasteiger partial charge in [0, 0.05) is 17.3 Å². The van der Waals surface area contributed by atoms with Crippen LogP contribution in [0.4, 0.5) is 13.2 Å². The lowest BCUT2D eigenvalue weighted by molar-refractivity contribution is -0.140. The number of ether oxygens (including phenoxy) is 2. The highest BCUT2D eigenvalue weighted by atomic mass is 19.4. The maximum absolute atomic E-state index is 12.7. The predicted molar refractivity (Wildman–Crippen MR) is 111 cm³/mol. The zero-order valence-corrected chi connectivity index (χ0v) is 17.1. The van der Waals surface area contributed by atoms with E-state index < -0.39 is 11.9 Å². The van der Waals surface area contributed by atoms with Crippen LogP contribution >= 0.6 is 0 Å². The fourth-order valence-corrected chi connectivity index (χ4v) is 3.81. The Kier molecular flexibility index (Phi) is 6.43. The van der Waals surface area contributed by atoms with E-state index in [1.807, 2.05) is 24.3 Å². The molecule has 0 aliphatic heterocycles. The molecule has 32 heavy (non-hydrogen) atoms. The summed E-state index contributed by atoms with van der Waals surface area (Å²) >= 11 is 0. The van der Waals surface area contributed by atoms with E-state index in [0.29, 0.717) is 30.3 Å². The number of aromatic nitrogens is 3. The van der Waals surface area contributed by atoms with Gasteiger partial charge in [0.2, 0.25) is 0 Å². The number of carbonyl (C=O) groups is 1. The van der Waals surface area contributed by atoms with Crippen molar-refractivity contribution in [1.29, 1.82) is 0 Å². The topological polar surface area (TPSA) is 77.1 Å². The number of rotatable bonds is 7. The molecule has 0 atom stereocenters. The minimum absolute atomic E-state index is 0.118. The average Bonchev–Trinajstić information content (AvgIpc) is 3.30. The molecule has 0 amide bonds. The minimum atomic E-state index is -4.47. The van der Waals surface area contributed by atoms with Crippen LogP contribution < -0.4 is 4.74 Å². The van der Waals surface area contributed by atoms with Crippen LogP contribution in [-0.4, -0.2) is 34.1 Å². The number of benzene rings is 1. The van der Waals surface area contributed by atoms with Gasteiger partial charge in [-0.05, 0) is 68.0 Å². The summed E-state index contributed by atoms with van der Waals surface area (Å²) in [4.78, 5) is 20.7. The molecular formula is C23H22F3N3O3. The number of hydrogen-bond acceptors (Lipinski definition) is 5. The molecule has 0 unspecified atom stereocenters. The lowest BCUT2D eigenvalue weighted by Crippen LogP contribution is -2.26. The molecule has 2 aromatic heterocycles. The maximum Gasteiger partial charge on any atom is 0.432 e. The summed E-state index contributed by atoms with van der Waals surface area (Å²) in [6.45, 7) is 0.966. The van der Waals surface area contributed by atoms with E-state index in [-0.39, 0.29) is 11.9 Å². The van der Waals surface area contributed by atoms with E-state index in [4.69, 9.17) is 9.47 Å². The van der Waals surface area contributed by atoms with E-state index >= 15 is 0 Å². The molecule has 0 saturated heterocycles. The number of nitrogens with zero attached hydrogens (tertiary/aromatic N) is 2. The first-order valence-corrected chi connectivity index (χ1v) is 10.3. The van der Waals surface area contributed by atoms with Crippen LogP contribution in [0.1, 0.15) is 31.4 Å². The van der Waals surface area contributed by atoms with E-state index in [9.17, 15) is 18.0 Å². The summed E-state index contributed by atoms with van der Waals surface area (Å²) < 4.78 is 49.1. The normalized spacial score (nSPS) is 18.8. The lowest BCUT2D eigenvalue weighted by Gasteiger charge is -2.28. The van der Waals surface area contributed by atoms with E-state index in [1.54, 1.807) is 12.1 Å². The average molecular weight is 445 g/mol. The molecular weight excluding hydrogens is 423 g/mol. The smallest absolute Gasteiger partial charge is 0.432 e. The monoisotopic (exact) mass is 445 g/mol. The van der Waals surface area contributed by atoms with Gasteiger partial charge in [-0.1, -0.05) is 0 Å². The zero-order chi connectivity index (χ0) is 22.6. The largest absolute Gasteiger partial charge is 0.490 e. The van der Waals surface area contributed by atoms with Crippen LogP contribution in [0.25, 0.3) is 22.6 Å². The first-order valence-electron chi connectivity index (χ1n) is 10.3. The quantitative estimate of drug-likeness (QED) is 0.502. The molecule has 2 heterocycles. The third kappa shape index (κ3) is 5.27. The van der Waals surface area contributed by atoms with Crippen molar-refractivity contribution in [2.24, 2.45) is 5.92 Å². The molecule has 3 aromatic rings. The van der Waals surface area contributed by atoms with Gasteiger partial charge in [0.05, 0.1) is 24.6 Å². The van der Waals surface area contributed by atoms with E-state index in [0.717, 1.165) is 43.2 Å². The highest BCUT2D eigenvalue weighted by molar-refractivity contribution is 5.63. The maximum atomic E-state index is 12.7. The van der Waals surface area contributed by atoms with Crippen LogP contribution in [0.3, 0.4) is 0 Å². The second-order valence-electron chi connectivity index (χ2n) is 7.79. The number of halogens is 3.